The van der Waals surface area contributed by atoms with Crippen LogP contribution in [0.3, 0.4) is 0 Å². The van der Waals surface area contributed by atoms with E-state index in [4.69, 9.17) is 11.5 Å². The van der Waals surface area contributed by atoms with Crippen molar-refractivity contribution < 1.29 is 4.79 Å². The Balaban J connectivity index is 2.16. The van der Waals surface area contributed by atoms with E-state index in [0.717, 1.165) is 0 Å². The van der Waals surface area contributed by atoms with Crippen molar-refractivity contribution in [2.75, 3.05) is 24.1 Å². The van der Waals surface area contributed by atoms with Crippen LogP contribution in [0.15, 0.2) is 0 Å². The number of urea groups is 1. The Labute approximate surface area is 74.1 Å². The molecule has 0 spiro atoms. The SMILES string of the molecule is NC(=O)NCCNc1n[nH]c(N)n1. The molecule has 1 heterocycles. The van der Waals surface area contributed by atoms with Crippen LogP contribution in [0.25, 0.3) is 0 Å². The monoisotopic (exact) mass is 185 g/mol. The van der Waals surface area contributed by atoms with E-state index in [1.807, 2.05) is 0 Å². The quantitative estimate of drug-likeness (QED) is 0.362. The van der Waals surface area contributed by atoms with Crippen molar-refractivity contribution in [3.05, 3.63) is 0 Å². The van der Waals surface area contributed by atoms with E-state index in [2.05, 4.69) is 25.8 Å². The van der Waals surface area contributed by atoms with Crippen molar-refractivity contribution in [1.29, 1.82) is 0 Å². The number of rotatable bonds is 4. The molecule has 8 heteroatoms. The molecule has 1 rings (SSSR count). The first-order valence-electron chi connectivity index (χ1n) is 3.63. The molecule has 0 radical (unpaired) electrons. The van der Waals surface area contributed by atoms with Gasteiger partial charge in [-0.1, -0.05) is 0 Å². The molecule has 0 fully saturated rings. The number of hydrogen-bond acceptors (Lipinski definition) is 5. The third kappa shape index (κ3) is 3.27. The zero-order valence-corrected chi connectivity index (χ0v) is 6.87. The Morgan fingerprint density at radius 3 is 2.85 bits per heavy atom. The van der Waals surface area contributed by atoms with Gasteiger partial charge in [-0.15, -0.1) is 5.10 Å². The van der Waals surface area contributed by atoms with Crippen LogP contribution in [-0.4, -0.2) is 34.3 Å². The van der Waals surface area contributed by atoms with Crippen molar-refractivity contribution in [3.8, 4) is 0 Å². The molecule has 0 saturated carbocycles. The molecule has 0 unspecified atom stereocenters. The van der Waals surface area contributed by atoms with E-state index in [0.29, 0.717) is 19.0 Å². The first-order chi connectivity index (χ1) is 6.18. The highest BCUT2D eigenvalue weighted by molar-refractivity contribution is 5.71. The predicted octanol–water partition coefficient (Wildman–Crippen LogP) is -1.53. The minimum Gasteiger partial charge on any atom is -0.368 e. The number of amides is 2. The summed E-state index contributed by atoms with van der Waals surface area (Å²) in [4.78, 5) is 14.0. The smallest absolute Gasteiger partial charge is 0.312 e. The molecule has 0 atom stereocenters. The summed E-state index contributed by atoms with van der Waals surface area (Å²) in [6.45, 7) is 0.893. The van der Waals surface area contributed by atoms with Gasteiger partial charge in [0.1, 0.15) is 0 Å². The summed E-state index contributed by atoms with van der Waals surface area (Å²) in [5.74, 6) is 0.633. The summed E-state index contributed by atoms with van der Waals surface area (Å²) in [7, 11) is 0. The third-order valence-corrected chi connectivity index (χ3v) is 1.21. The molecule has 72 valence electrons. The summed E-state index contributed by atoms with van der Waals surface area (Å²) in [5, 5.41) is 11.4. The second-order valence-corrected chi connectivity index (χ2v) is 2.26. The van der Waals surface area contributed by atoms with Crippen LogP contribution >= 0.6 is 0 Å². The van der Waals surface area contributed by atoms with Gasteiger partial charge in [0.2, 0.25) is 11.9 Å². The summed E-state index contributed by atoms with van der Waals surface area (Å²) in [5.41, 5.74) is 10.1. The molecule has 0 aliphatic rings. The number of primary amides is 1. The van der Waals surface area contributed by atoms with Gasteiger partial charge in [-0.05, 0) is 0 Å². The molecule has 0 aromatic carbocycles. The van der Waals surface area contributed by atoms with E-state index in [1.165, 1.54) is 0 Å². The zero-order chi connectivity index (χ0) is 9.68. The van der Waals surface area contributed by atoms with E-state index >= 15 is 0 Å². The van der Waals surface area contributed by atoms with Crippen molar-refractivity contribution >= 4 is 17.9 Å². The summed E-state index contributed by atoms with van der Waals surface area (Å²) >= 11 is 0. The van der Waals surface area contributed by atoms with E-state index < -0.39 is 6.03 Å². The zero-order valence-electron chi connectivity index (χ0n) is 6.87. The van der Waals surface area contributed by atoms with Gasteiger partial charge in [0.15, 0.2) is 0 Å². The molecule has 1 aromatic rings. The van der Waals surface area contributed by atoms with Crippen LogP contribution in [0.1, 0.15) is 0 Å². The fraction of sp³-hybridized carbons (Fsp3) is 0.400. The second-order valence-electron chi connectivity index (χ2n) is 2.26. The minimum atomic E-state index is -0.559. The Kier molecular flexibility index (Phi) is 2.90. The number of aromatic nitrogens is 3. The van der Waals surface area contributed by atoms with Crippen molar-refractivity contribution in [2.24, 2.45) is 5.73 Å². The maximum atomic E-state index is 10.2. The van der Waals surface area contributed by atoms with Gasteiger partial charge in [0, 0.05) is 13.1 Å². The number of H-pyrrole nitrogens is 1. The molecular formula is C5H11N7O. The fourth-order valence-electron chi connectivity index (χ4n) is 0.713. The maximum absolute atomic E-state index is 10.2. The van der Waals surface area contributed by atoms with Gasteiger partial charge in [-0.25, -0.2) is 9.89 Å². The number of carbonyl (C=O) groups is 1. The standard InChI is InChI=1S/C5H11N7O/c6-3-10-5(12-11-3)9-2-1-8-4(7)13/h1-2H2,(H3,7,8,13)(H4,6,9,10,11,12). The lowest BCUT2D eigenvalue weighted by Gasteiger charge is -2.01. The van der Waals surface area contributed by atoms with Crippen LogP contribution in [0.5, 0.6) is 0 Å². The Morgan fingerprint density at radius 2 is 2.31 bits per heavy atom. The van der Waals surface area contributed by atoms with Crippen LogP contribution in [0.4, 0.5) is 16.7 Å². The minimum absolute atomic E-state index is 0.241. The topological polar surface area (TPSA) is 135 Å². The number of aromatic amines is 1. The van der Waals surface area contributed by atoms with Crippen molar-refractivity contribution in [3.63, 3.8) is 0 Å². The third-order valence-electron chi connectivity index (χ3n) is 1.21. The number of nitrogens with zero attached hydrogens (tertiary/aromatic N) is 2. The lowest BCUT2D eigenvalue weighted by atomic mass is 10.6. The summed E-state index contributed by atoms with van der Waals surface area (Å²) in [6.07, 6.45) is 0. The van der Waals surface area contributed by atoms with E-state index in [-0.39, 0.29) is 5.95 Å². The molecule has 0 saturated heterocycles. The summed E-state index contributed by atoms with van der Waals surface area (Å²) < 4.78 is 0. The van der Waals surface area contributed by atoms with Crippen LogP contribution in [0.2, 0.25) is 0 Å². The molecule has 0 aliphatic carbocycles. The molecule has 2 amide bonds. The van der Waals surface area contributed by atoms with Gasteiger partial charge in [0.05, 0.1) is 0 Å². The number of nitrogens with two attached hydrogens (primary N) is 2. The molecule has 13 heavy (non-hydrogen) atoms. The molecule has 1 aromatic heterocycles. The average Bonchev–Trinajstić information content (AvgIpc) is 2.45. The maximum Gasteiger partial charge on any atom is 0.312 e. The second kappa shape index (κ2) is 4.14. The molecular weight excluding hydrogens is 174 g/mol. The first-order valence-corrected chi connectivity index (χ1v) is 3.63. The largest absolute Gasteiger partial charge is 0.368 e. The van der Waals surface area contributed by atoms with Crippen LogP contribution < -0.4 is 22.1 Å². The number of hydrogen-bond donors (Lipinski definition) is 5. The highest BCUT2D eigenvalue weighted by atomic mass is 16.2. The molecule has 8 nitrogen and oxygen atoms in total. The van der Waals surface area contributed by atoms with Gasteiger partial charge in [0.25, 0.3) is 0 Å². The van der Waals surface area contributed by atoms with Crippen LogP contribution in [-0.2, 0) is 0 Å². The van der Waals surface area contributed by atoms with E-state index in [9.17, 15) is 4.79 Å². The van der Waals surface area contributed by atoms with Crippen molar-refractivity contribution in [2.45, 2.75) is 0 Å². The number of carbonyl (C=O) groups excluding carboxylic acids is 1. The highest BCUT2D eigenvalue weighted by Crippen LogP contribution is 1.96. The molecule has 0 bridgehead atoms. The Morgan fingerprint density at radius 1 is 1.54 bits per heavy atom. The predicted molar refractivity (Wildman–Crippen MR) is 46.9 cm³/mol. The Bertz CT molecular complexity index is 282. The normalized spacial score (nSPS) is 9.54. The summed E-state index contributed by atoms with van der Waals surface area (Å²) in [6, 6.07) is -0.559. The number of nitrogen functional groups attached to an aromatic ring is 1. The van der Waals surface area contributed by atoms with Gasteiger partial charge < -0.3 is 22.1 Å². The average molecular weight is 185 g/mol. The van der Waals surface area contributed by atoms with Gasteiger partial charge >= 0.3 is 6.03 Å². The van der Waals surface area contributed by atoms with Crippen molar-refractivity contribution in [1.82, 2.24) is 20.5 Å². The Hall–Kier alpha value is -1.99. The van der Waals surface area contributed by atoms with Gasteiger partial charge in [-0.3, -0.25) is 0 Å². The molecule has 7 N–H and O–H groups in total. The first kappa shape index (κ1) is 9.10. The van der Waals surface area contributed by atoms with Gasteiger partial charge in [-0.2, -0.15) is 4.98 Å². The van der Waals surface area contributed by atoms with Crippen LogP contribution in [0, 0.1) is 0 Å². The highest BCUT2D eigenvalue weighted by Gasteiger charge is 1.97. The lowest BCUT2D eigenvalue weighted by molar-refractivity contribution is 0.249. The number of anilines is 2. The lowest BCUT2D eigenvalue weighted by Crippen LogP contribution is -2.33. The van der Waals surface area contributed by atoms with E-state index in [1.54, 1.807) is 0 Å². The molecule has 0 aliphatic heterocycles. The fourth-order valence-corrected chi connectivity index (χ4v) is 0.713. The number of nitrogens with one attached hydrogen (secondary N) is 3.